The summed E-state index contributed by atoms with van der Waals surface area (Å²) in [6.07, 6.45) is 2.36. The van der Waals surface area contributed by atoms with Crippen LogP contribution in [-0.4, -0.2) is 19.2 Å². The molecule has 0 aliphatic carbocycles. The van der Waals surface area contributed by atoms with Gasteiger partial charge in [0.2, 0.25) is 0 Å². The molecule has 1 aromatic carbocycles. The average molecular weight is 253 g/mol. The predicted molar refractivity (Wildman–Crippen MR) is 65.7 cm³/mol. The topological polar surface area (TPSA) is 35.5 Å². The van der Waals surface area contributed by atoms with E-state index in [-0.39, 0.29) is 6.10 Å². The second-order valence-corrected chi connectivity index (χ2v) is 4.12. The molecule has 17 heavy (non-hydrogen) atoms. The molecule has 90 valence electrons. The van der Waals surface area contributed by atoms with Gasteiger partial charge in [-0.15, -0.1) is 11.6 Å². The van der Waals surface area contributed by atoms with E-state index in [4.69, 9.17) is 21.1 Å². The van der Waals surface area contributed by atoms with Crippen molar-refractivity contribution in [1.82, 2.24) is 0 Å². The van der Waals surface area contributed by atoms with Gasteiger partial charge in [0.05, 0.1) is 7.11 Å². The number of ether oxygens (including phenoxy) is 2. The Morgan fingerprint density at radius 3 is 3.06 bits per heavy atom. The van der Waals surface area contributed by atoms with Crippen molar-refractivity contribution in [3.8, 4) is 5.75 Å². The van der Waals surface area contributed by atoms with Gasteiger partial charge < -0.3 is 9.47 Å². The van der Waals surface area contributed by atoms with E-state index < -0.39 is 5.97 Å². The van der Waals surface area contributed by atoms with E-state index in [2.05, 4.69) is 6.58 Å². The third kappa shape index (κ3) is 2.15. The molecule has 3 nitrogen and oxygen atoms in total. The Hall–Kier alpha value is -1.48. The molecule has 0 radical (unpaired) electrons. The molecule has 1 unspecified atom stereocenters. The summed E-state index contributed by atoms with van der Waals surface area (Å²) in [5.74, 6) is 0.546. The Labute approximate surface area is 105 Å². The van der Waals surface area contributed by atoms with Crippen molar-refractivity contribution in [3.63, 3.8) is 0 Å². The molecule has 0 N–H and O–H groups in total. The first-order valence-electron chi connectivity index (χ1n) is 5.29. The van der Waals surface area contributed by atoms with Gasteiger partial charge in [0.1, 0.15) is 17.4 Å². The fraction of sp³-hybridized carbons (Fsp3) is 0.308. The van der Waals surface area contributed by atoms with E-state index in [0.717, 1.165) is 11.1 Å². The summed E-state index contributed by atoms with van der Waals surface area (Å²) in [6.45, 7) is 3.70. The maximum Gasteiger partial charge on any atom is 0.341 e. The fourth-order valence-corrected chi connectivity index (χ4v) is 2.08. The molecule has 1 atom stereocenters. The lowest BCUT2D eigenvalue weighted by molar-refractivity contribution is 0.0596. The molecule has 0 aromatic heterocycles. The number of benzene rings is 1. The van der Waals surface area contributed by atoms with Crippen LogP contribution in [0.5, 0.6) is 5.75 Å². The third-order valence-electron chi connectivity index (χ3n) is 2.74. The molecule has 1 aliphatic rings. The summed E-state index contributed by atoms with van der Waals surface area (Å²) in [5, 5.41) is 0. The first-order valence-corrected chi connectivity index (χ1v) is 5.82. The van der Waals surface area contributed by atoms with Crippen LogP contribution in [0.2, 0.25) is 0 Å². The highest BCUT2D eigenvalue weighted by Gasteiger charge is 2.27. The van der Waals surface area contributed by atoms with Crippen molar-refractivity contribution < 1.29 is 14.3 Å². The first-order chi connectivity index (χ1) is 8.19. The van der Waals surface area contributed by atoms with E-state index >= 15 is 0 Å². The Bertz CT molecular complexity index is 468. The van der Waals surface area contributed by atoms with Gasteiger partial charge in [-0.05, 0) is 17.2 Å². The fourth-order valence-electron chi connectivity index (χ4n) is 1.93. The lowest BCUT2D eigenvalue weighted by atomic mass is 10.0. The number of methoxy groups -OCH3 is 1. The highest BCUT2D eigenvalue weighted by molar-refractivity contribution is 6.17. The number of hydrogen-bond donors (Lipinski definition) is 0. The first kappa shape index (κ1) is 12.0. The van der Waals surface area contributed by atoms with E-state index in [0.29, 0.717) is 23.6 Å². The Kier molecular flexibility index (Phi) is 3.38. The van der Waals surface area contributed by atoms with Gasteiger partial charge in [-0.2, -0.15) is 0 Å². The Balaban J connectivity index is 2.49. The lowest BCUT2D eigenvalue weighted by Gasteiger charge is -2.09. The van der Waals surface area contributed by atoms with Crippen LogP contribution in [-0.2, 0) is 17.0 Å². The molecule has 2 rings (SSSR count). The number of esters is 1. The molecule has 1 heterocycles. The molecule has 0 saturated carbocycles. The maximum atomic E-state index is 11.7. The SMILES string of the molecule is C=CC1Cc2cc(CCl)cc(C(=O)OC)c2O1. The maximum absolute atomic E-state index is 11.7. The second kappa shape index (κ2) is 4.80. The molecular weight excluding hydrogens is 240 g/mol. The minimum absolute atomic E-state index is 0.0843. The normalized spacial score (nSPS) is 17.2. The zero-order valence-corrected chi connectivity index (χ0v) is 10.3. The lowest BCUT2D eigenvalue weighted by Crippen LogP contribution is -2.09. The third-order valence-corrected chi connectivity index (χ3v) is 3.05. The van der Waals surface area contributed by atoms with Crippen LogP contribution in [0.4, 0.5) is 0 Å². The van der Waals surface area contributed by atoms with Gasteiger partial charge in [0.25, 0.3) is 0 Å². The smallest absolute Gasteiger partial charge is 0.341 e. The van der Waals surface area contributed by atoms with Gasteiger partial charge in [-0.25, -0.2) is 4.79 Å². The van der Waals surface area contributed by atoms with Crippen LogP contribution in [0.15, 0.2) is 24.8 Å². The van der Waals surface area contributed by atoms with Gasteiger partial charge in [-0.1, -0.05) is 18.7 Å². The molecule has 0 saturated heterocycles. The van der Waals surface area contributed by atoms with Gasteiger partial charge in [-0.3, -0.25) is 0 Å². The standard InChI is InChI=1S/C13H13ClO3/c1-3-10-6-9-4-8(7-14)5-11(12(9)17-10)13(15)16-2/h3-5,10H,1,6-7H2,2H3. The predicted octanol–water partition coefficient (Wildman–Crippen LogP) is 2.70. The highest BCUT2D eigenvalue weighted by Crippen LogP contribution is 2.35. The van der Waals surface area contributed by atoms with Crippen molar-refractivity contribution in [2.24, 2.45) is 0 Å². The van der Waals surface area contributed by atoms with Crippen LogP contribution >= 0.6 is 11.6 Å². The van der Waals surface area contributed by atoms with Crippen LogP contribution in [0, 0.1) is 0 Å². The van der Waals surface area contributed by atoms with Crippen molar-refractivity contribution in [3.05, 3.63) is 41.5 Å². The summed E-state index contributed by atoms with van der Waals surface area (Å²) in [6, 6.07) is 3.67. The summed E-state index contributed by atoms with van der Waals surface area (Å²) >= 11 is 5.81. The Morgan fingerprint density at radius 2 is 2.47 bits per heavy atom. The Morgan fingerprint density at radius 1 is 1.71 bits per heavy atom. The molecule has 4 heteroatoms. The minimum atomic E-state index is -0.405. The van der Waals surface area contributed by atoms with E-state index in [1.165, 1.54) is 7.11 Å². The number of hydrogen-bond acceptors (Lipinski definition) is 3. The van der Waals surface area contributed by atoms with Crippen molar-refractivity contribution in [1.29, 1.82) is 0 Å². The van der Waals surface area contributed by atoms with E-state index in [9.17, 15) is 4.79 Å². The van der Waals surface area contributed by atoms with Crippen molar-refractivity contribution >= 4 is 17.6 Å². The van der Waals surface area contributed by atoms with Crippen LogP contribution in [0.25, 0.3) is 0 Å². The summed E-state index contributed by atoms with van der Waals surface area (Å²) in [7, 11) is 1.35. The van der Waals surface area contributed by atoms with Crippen molar-refractivity contribution in [2.45, 2.75) is 18.4 Å². The molecular formula is C13H13ClO3. The monoisotopic (exact) mass is 252 g/mol. The van der Waals surface area contributed by atoms with Crippen LogP contribution in [0.3, 0.4) is 0 Å². The quantitative estimate of drug-likeness (QED) is 0.471. The summed E-state index contributed by atoms with van der Waals surface area (Å²) in [5.41, 5.74) is 2.30. The number of halogens is 1. The van der Waals surface area contributed by atoms with E-state index in [1.54, 1.807) is 12.1 Å². The average Bonchev–Trinajstić information content (AvgIpc) is 2.79. The number of carbonyl (C=O) groups excluding carboxylic acids is 1. The van der Waals surface area contributed by atoms with Crippen LogP contribution < -0.4 is 4.74 Å². The molecule has 0 bridgehead atoms. The summed E-state index contributed by atoms with van der Waals surface area (Å²) < 4.78 is 10.4. The zero-order valence-electron chi connectivity index (χ0n) is 9.53. The van der Waals surface area contributed by atoms with Gasteiger partial charge in [0.15, 0.2) is 0 Å². The van der Waals surface area contributed by atoms with E-state index in [1.807, 2.05) is 6.07 Å². The molecule has 0 amide bonds. The van der Waals surface area contributed by atoms with Gasteiger partial charge in [0, 0.05) is 12.3 Å². The van der Waals surface area contributed by atoms with Crippen molar-refractivity contribution in [2.75, 3.05) is 7.11 Å². The number of fused-ring (bicyclic) bond motifs is 1. The molecule has 1 aliphatic heterocycles. The second-order valence-electron chi connectivity index (χ2n) is 3.85. The highest BCUT2D eigenvalue weighted by atomic mass is 35.5. The number of alkyl halides is 1. The molecule has 0 spiro atoms. The zero-order chi connectivity index (χ0) is 12.4. The minimum Gasteiger partial charge on any atom is -0.485 e. The largest absolute Gasteiger partial charge is 0.485 e. The molecule has 1 aromatic rings. The number of carbonyl (C=O) groups is 1. The van der Waals surface area contributed by atoms with Gasteiger partial charge >= 0.3 is 5.97 Å². The molecule has 0 fully saturated rings. The summed E-state index contributed by atoms with van der Waals surface area (Å²) in [4.78, 5) is 11.7. The number of rotatable bonds is 3. The van der Waals surface area contributed by atoms with Crippen LogP contribution in [0.1, 0.15) is 21.5 Å².